The summed E-state index contributed by atoms with van der Waals surface area (Å²) < 4.78 is 3.54. The van der Waals surface area contributed by atoms with Crippen LogP contribution >= 0.6 is 0 Å². The zero-order valence-corrected chi connectivity index (χ0v) is 36.7. The fourth-order valence-electron chi connectivity index (χ4n) is 10.7. The molecule has 0 bridgehead atoms. The monoisotopic (exact) mass is 879 g/mol. The smallest absolute Gasteiger partial charge is 0.274 e. The first-order valence-corrected chi connectivity index (χ1v) is 22.8. The number of piperazine rings is 1. The molecule has 7 heterocycles. The third-order valence-electron chi connectivity index (χ3n) is 14.3. The van der Waals surface area contributed by atoms with Gasteiger partial charge in [0.15, 0.2) is 0 Å². The van der Waals surface area contributed by atoms with Crippen molar-refractivity contribution in [3.63, 3.8) is 0 Å². The quantitative estimate of drug-likeness (QED) is 0.187. The van der Waals surface area contributed by atoms with E-state index in [0.29, 0.717) is 52.6 Å². The lowest BCUT2D eigenvalue weighted by Crippen LogP contribution is -2.54. The van der Waals surface area contributed by atoms with Crippen molar-refractivity contribution in [3.8, 4) is 6.07 Å². The van der Waals surface area contributed by atoms with Gasteiger partial charge in [-0.1, -0.05) is 0 Å². The lowest BCUT2D eigenvalue weighted by Gasteiger charge is -2.43. The predicted octanol–water partition coefficient (Wildman–Crippen LogP) is 4.34. The molecular formula is C48H53N11O6. The first-order chi connectivity index (χ1) is 31.3. The number of rotatable bonds is 8. The van der Waals surface area contributed by atoms with Gasteiger partial charge in [0.05, 0.1) is 34.4 Å². The second-order valence-corrected chi connectivity index (χ2v) is 18.8. The number of benzene rings is 2. The highest BCUT2D eigenvalue weighted by molar-refractivity contribution is 6.06. The van der Waals surface area contributed by atoms with Crippen LogP contribution in [0.25, 0.3) is 16.4 Å². The van der Waals surface area contributed by atoms with Crippen LogP contribution in [0.5, 0.6) is 0 Å². The van der Waals surface area contributed by atoms with Crippen molar-refractivity contribution in [1.29, 1.82) is 5.26 Å². The Morgan fingerprint density at radius 2 is 1.65 bits per heavy atom. The van der Waals surface area contributed by atoms with Gasteiger partial charge >= 0.3 is 0 Å². The number of fused-ring (bicyclic) bond motifs is 3. The summed E-state index contributed by atoms with van der Waals surface area (Å²) in [7, 11) is 0. The van der Waals surface area contributed by atoms with E-state index in [0.717, 1.165) is 99.9 Å². The van der Waals surface area contributed by atoms with Crippen molar-refractivity contribution in [3.05, 3.63) is 88.9 Å². The molecule has 336 valence electrons. The molecule has 5 aromatic rings. The second kappa shape index (κ2) is 16.7. The molecule has 17 nitrogen and oxygen atoms in total. The minimum Gasteiger partial charge on any atom is -0.386 e. The van der Waals surface area contributed by atoms with Gasteiger partial charge in [0.1, 0.15) is 17.8 Å². The number of hydrogen-bond donors (Lipinski definition) is 3. The summed E-state index contributed by atoms with van der Waals surface area (Å²) in [4.78, 5) is 73.1. The van der Waals surface area contributed by atoms with E-state index in [1.807, 2.05) is 41.2 Å². The molecule has 10 rings (SSSR count). The van der Waals surface area contributed by atoms with Gasteiger partial charge in [-0.15, -0.1) is 0 Å². The van der Waals surface area contributed by atoms with Gasteiger partial charge in [-0.3, -0.25) is 38.9 Å². The maximum absolute atomic E-state index is 13.8. The van der Waals surface area contributed by atoms with Crippen LogP contribution in [0.2, 0.25) is 0 Å². The Labute approximate surface area is 375 Å². The van der Waals surface area contributed by atoms with Gasteiger partial charge in [0.25, 0.3) is 11.8 Å². The molecule has 2 aromatic carbocycles. The zero-order valence-electron chi connectivity index (χ0n) is 36.7. The van der Waals surface area contributed by atoms with Gasteiger partial charge in [0.2, 0.25) is 17.7 Å². The van der Waals surface area contributed by atoms with Crippen LogP contribution in [0, 0.1) is 17.2 Å². The van der Waals surface area contributed by atoms with E-state index in [1.165, 1.54) is 10.7 Å². The molecule has 0 radical (unpaired) electrons. The van der Waals surface area contributed by atoms with Crippen molar-refractivity contribution in [1.82, 2.24) is 39.4 Å². The molecule has 3 N–H and O–H groups in total. The number of aliphatic hydroxyl groups is 1. The highest BCUT2D eigenvalue weighted by Crippen LogP contribution is 2.37. The molecule has 1 saturated carbocycles. The number of piperidine rings is 2. The molecule has 3 aromatic heterocycles. The van der Waals surface area contributed by atoms with E-state index in [2.05, 4.69) is 36.5 Å². The Kier molecular flexibility index (Phi) is 10.9. The van der Waals surface area contributed by atoms with Crippen LogP contribution in [0.1, 0.15) is 109 Å². The van der Waals surface area contributed by atoms with E-state index in [9.17, 15) is 34.3 Å². The summed E-state index contributed by atoms with van der Waals surface area (Å²) in [5, 5.41) is 35.9. The molecule has 4 fully saturated rings. The number of anilines is 2. The largest absolute Gasteiger partial charge is 0.386 e. The average molecular weight is 880 g/mol. The maximum atomic E-state index is 13.8. The lowest BCUT2D eigenvalue weighted by atomic mass is 9.89. The van der Waals surface area contributed by atoms with Crippen molar-refractivity contribution < 1.29 is 29.1 Å². The number of carbonyl (C=O) groups excluding carboxylic acids is 5. The molecule has 5 aliphatic rings. The molecule has 0 spiro atoms. The molecule has 1 atom stereocenters. The lowest BCUT2D eigenvalue weighted by molar-refractivity contribution is -0.139. The van der Waals surface area contributed by atoms with Crippen molar-refractivity contribution >= 4 is 57.3 Å². The van der Waals surface area contributed by atoms with Gasteiger partial charge in [-0.25, -0.2) is 4.52 Å². The number of nitriles is 1. The maximum Gasteiger partial charge on any atom is 0.274 e. The van der Waals surface area contributed by atoms with Crippen molar-refractivity contribution in [2.45, 2.75) is 95.5 Å². The number of imide groups is 1. The number of carbonyl (C=O) groups is 5. The molecular weight excluding hydrogens is 827 g/mol. The second-order valence-electron chi connectivity index (χ2n) is 18.8. The number of amides is 5. The van der Waals surface area contributed by atoms with E-state index >= 15 is 0 Å². The molecule has 1 aliphatic carbocycles. The van der Waals surface area contributed by atoms with E-state index in [1.54, 1.807) is 36.9 Å². The number of nitrogens with one attached hydrogen (secondary N) is 2. The third-order valence-corrected chi connectivity index (χ3v) is 14.3. The van der Waals surface area contributed by atoms with Crippen molar-refractivity contribution in [2.24, 2.45) is 5.92 Å². The fraction of sp³-hybridized carbons (Fsp3) is 0.458. The topological polar surface area (TPSA) is 202 Å². The summed E-state index contributed by atoms with van der Waals surface area (Å²) in [6, 6.07) is 16.7. The van der Waals surface area contributed by atoms with Gasteiger partial charge in [-0.2, -0.15) is 15.5 Å². The Hall–Kier alpha value is -6.64. The van der Waals surface area contributed by atoms with Crippen LogP contribution in [-0.2, 0) is 26.5 Å². The standard InChI is InChI=1S/C48H53N11O6/c1-48(2,65)38-24-39-32(23-40(38)51-45(62)42-10-8-36-21-29(25-49)26-50-59(36)42)28-58(53-39)34-5-3-33(4-6-34)55-17-19-56(20-18-55)46(63)30-13-15-54(16-14-30)35-7-9-37-31(22-35)27-57(47(37)64)41-11-12-43(60)52-44(41)61/h7-10,21-24,26,28,30,33-34,41,65H,3-6,11-20,27H2,1-2H3,(H,51,62)(H,52,60,61). The summed E-state index contributed by atoms with van der Waals surface area (Å²) in [5.74, 6) is -1.04. The first kappa shape index (κ1) is 42.3. The third kappa shape index (κ3) is 8.10. The van der Waals surface area contributed by atoms with Gasteiger partial charge < -0.3 is 25.1 Å². The van der Waals surface area contributed by atoms with E-state index in [4.69, 9.17) is 5.10 Å². The summed E-state index contributed by atoms with van der Waals surface area (Å²) >= 11 is 0. The van der Waals surface area contributed by atoms with E-state index in [-0.39, 0.29) is 42.0 Å². The normalized spacial score (nSPS) is 22.3. The molecule has 17 heteroatoms. The zero-order chi connectivity index (χ0) is 45.1. The van der Waals surface area contributed by atoms with Crippen LogP contribution in [0.3, 0.4) is 0 Å². The van der Waals surface area contributed by atoms with Gasteiger partial charge in [0, 0.05) is 98.3 Å². The Morgan fingerprint density at radius 1 is 0.892 bits per heavy atom. The number of hydrogen-bond acceptors (Lipinski definition) is 11. The predicted molar refractivity (Wildman–Crippen MR) is 240 cm³/mol. The SMILES string of the molecule is CC(C)(O)c1cc2nn(C3CCC(N4CCN(C(=O)C5CCN(c6ccc7c(c6)CN(C6CCC(=O)NC6=O)C7=O)CC5)CC4)CC3)cc2cc1NC(=O)c1ccc2cc(C#N)cnn12. The highest BCUT2D eigenvalue weighted by Gasteiger charge is 2.40. The first-order valence-electron chi connectivity index (χ1n) is 22.8. The summed E-state index contributed by atoms with van der Waals surface area (Å²) in [6.07, 6.45) is 9.56. The number of aromatic nitrogens is 4. The van der Waals surface area contributed by atoms with Crippen molar-refractivity contribution in [2.75, 3.05) is 49.5 Å². The molecule has 5 amide bonds. The Bertz CT molecular complexity index is 2780. The number of nitrogens with zero attached hydrogens (tertiary/aromatic N) is 9. The molecule has 65 heavy (non-hydrogen) atoms. The fourth-order valence-corrected chi connectivity index (χ4v) is 10.7. The minimum atomic E-state index is -1.26. The van der Waals surface area contributed by atoms with Gasteiger partial charge in [-0.05, 0) is 113 Å². The van der Waals surface area contributed by atoms with Crippen LogP contribution in [-0.4, -0.2) is 120 Å². The van der Waals surface area contributed by atoms with E-state index < -0.39 is 17.6 Å². The van der Waals surface area contributed by atoms with Crippen LogP contribution in [0.15, 0.2) is 60.9 Å². The molecule has 1 unspecified atom stereocenters. The average Bonchev–Trinajstić information content (AvgIpc) is 4.03. The molecule has 3 saturated heterocycles. The van der Waals surface area contributed by atoms with Crippen LogP contribution in [0.4, 0.5) is 11.4 Å². The van der Waals surface area contributed by atoms with Crippen LogP contribution < -0.4 is 15.5 Å². The highest BCUT2D eigenvalue weighted by atomic mass is 16.3. The summed E-state index contributed by atoms with van der Waals surface area (Å²) in [5.41, 5.74) is 4.37. The Morgan fingerprint density at radius 3 is 2.37 bits per heavy atom. The minimum absolute atomic E-state index is 0.0134. The summed E-state index contributed by atoms with van der Waals surface area (Å²) in [6.45, 7) is 8.40. The Balaban J connectivity index is 0.708. The molecule has 4 aliphatic heterocycles.